The van der Waals surface area contributed by atoms with Crippen molar-refractivity contribution in [2.45, 2.75) is 78.9 Å². The van der Waals surface area contributed by atoms with Crippen molar-refractivity contribution in [3.8, 4) is 17.2 Å². The summed E-state index contributed by atoms with van der Waals surface area (Å²) in [4.78, 5) is 39.3. The van der Waals surface area contributed by atoms with Gasteiger partial charge >= 0.3 is 18.0 Å². The van der Waals surface area contributed by atoms with E-state index >= 15 is 0 Å². The number of benzene rings is 2. The highest BCUT2D eigenvalue weighted by Crippen LogP contribution is 2.50. The topological polar surface area (TPSA) is 91.4 Å². The predicted octanol–water partition coefficient (Wildman–Crippen LogP) is 5.93. The molecule has 36 heavy (non-hydrogen) atoms. The van der Waals surface area contributed by atoms with Crippen LogP contribution in [0.25, 0.3) is 10.8 Å². The van der Waals surface area contributed by atoms with Crippen LogP contribution in [0.4, 0.5) is 4.79 Å². The summed E-state index contributed by atoms with van der Waals surface area (Å²) >= 11 is 0. The maximum absolute atomic E-state index is 13.3. The minimum Gasteiger partial charge on any atom is -0.487 e. The molecule has 0 radical (unpaired) electrons. The first-order valence-electron chi connectivity index (χ1n) is 12.1. The van der Waals surface area contributed by atoms with Gasteiger partial charge in [-0.2, -0.15) is 0 Å². The van der Waals surface area contributed by atoms with E-state index in [1.807, 2.05) is 32.9 Å². The molecule has 2 aromatic carbocycles. The highest BCUT2D eigenvalue weighted by atomic mass is 16.6. The quantitative estimate of drug-likeness (QED) is 0.277. The molecule has 1 aliphatic heterocycles. The molecule has 3 rings (SSSR count). The van der Waals surface area contributed by atoms with E-state index in [0.717, 1.165) is 10.3 Å². The molecule has 8 nitrogen and oxygen atoms in total. The van der Waals surface area contributed by atoms with Gasteiger partial charge < -0.3 is 18.9 Å². The van der Waals surface area contributed by atoms with Crippen molar-refractivity contribution >= 4 is 28.8 Å². The Morgan fingerprint density at radius 3 is 2.31 bits per heavy atom. The van der Waals surface area contributed by atoms with E-state index in [0.29, 0.717) is 36.0 Å². The Bertz CT molecular complexity index is 1210. The van der Waals surface area contributed by atoms with Gasteiger partial charge in [-0.15, -0.1) is 0 Å². The fourth-order valence-corrected chi connectivity index (χ4v) is 3.99. The lowest BCUT2D eigenvalue weighted by atomic mass is 9.91. The van der Waals surface area contributed by atoms with E-state index in [-0.39, 0.29) is 23.7 Å². The van der Waals surface area contributed by atoms with Crippen LogP contribution in [0, 0.1) is 0 Å². The summed E-state index contributed by atoms with van der Waals surface area (Å²) in [5.41, 5.74) is -0.751. The Balaban J connectivity index is 2.09. The molecule has 0 atom stereocenters. The summed E-state index contributed by atoms with van der Waals surface area (Å²) < 4.78 is 23.2. The standard InChI is InChI=1S/C28H35NO7/c1-9-16-29(26(32)36-27(4,5)6)17(2)25(31)34-24-21-14-15-28(7,8)35-22(21)19-12-10-11-13-20(19)23(24)33-18(3)30/h10-13H,2,9,14-16H2,1,3-8H3. The molecule has 0 fully saturated rings. The van der Waals surface area contributed by atoms with Crippen LogP contribution in [0.2, 0.25) is 0 Å². The Hall–Kier alpha value is -3.55. The minimum atomic E-state index is -0.856. The van der Waals surface area contributed by atoms with Crippen molar-refractivity contribution in [3.63, 3.8) is 0 Å². The van der Waals surface area contributed by atoms with Gasteiger partial charge in [0.15, 0.2) is 11.5 Å². The molecular formula is C28H35NO7. The van der Waals surface area contributed by atoms with E-state index < -0.39 is 29.2 Å². The molecule has 0 saturated heterocycles. The Labute approximate surface area is 212 Å². The van der Waals surface area contributed by atoms with Crippen LogP contribution >= 0.6 is 0 Å². The van der Waals surface area contributed by atoms with Crippen LogP contribution in [0.1, 0.15) is 66.9 Å². The lowest BCUT2D eigenvalue weighted by Gasteiger charge is -2.35. The SMILES string of the molecule is C=C(C(=O)Oc1c2c(c3ccccc3c1OC(C)=O)OC(C)(C)CC2)N(CCC)C(=O)OC(C)(C)C. The van der Waals surface area contributed by atoms with Crippen molar-refractivity contribution in [1.82, 2.24) is 4.90 Å². The second kappa shape index (κ2) is 10.2. The fourth-order valence-electron chi connectivity index (χ4n) is 3.99. The maximum atomic E-state index is 13.3. The number of rotatable bonds is 6. The Kier molecular flexibility index (Phi) is 7.67. The molecule has 0 unspecified atom stereocenters. The van der Waals surface area contributed by atoms with E-state index in [1.54, 1.807) is 32.9 Å². The highest BCUT2D eigenvalue weighted by Gasteiger charge is 2.35. The Morgan fingerprint density at radius 2 is 1.72 bits per heavy atom. The smallest absolute Gasteiger partial charge is 0.415 e. The van der Waals surface area contributed by atoms with Gasteiger partial charge in [-0.25, -0.2) is 9.59 Å². The summed E-state index contributed by atoms with van der Waals surface area (Å²) in [5, 5.41) is 1.31. The maximum Gasteiger partial charge on any atom is 0.415 e. The zero-order chi connectivity index (χ0) is 26.8. The first-order chi connectivity index (χ1) is 16.7. The molecule has 2 aromatic rings. The van der Waals surface area contributed by atoms with E-state index in [9.17, 15) is 14.4 Å². The number of fused-ring (bicyclic) bond motifs is 3. The normalized spacial score (nSPS) is 14.3. The number of nitrogens with zero attached hydrogens (tertiary/aromatic N) is 1. The number of carbonyl (C=O) groups is 3. The Morgan fingerprint density at radius 1 is 1.08 bits per heavy atom. The zero-order valence-electron chi connectivity index (χ0n) is 22.1. The van der Waals surface area contributed by atoms with Crippen molar-refractivity contribution in [1.29, 1.82) is 0 Å². The van der Waals surface area contributed by atoms with Crippen LogP contribution < -0.4 is 14.2 Å². The third-order valence-electron chi connectivity index (χ3n) is 5.59. The molecule has 0 bridgehead atoms. The first kappa shape index (κ1) is 27.0. The number of ether oxygens (including phenoxy) is 4. The predicted molar refractivity (Wildman–Crippen MR) is 136 cm³/mol. The molecular weight excluding hydrogens is 462 g/mol. The molecule has 0 spiro atoms. The van der Waals surface area contributed by atoms with Gasteiger partial charge in [-0.1, -0.05) is 37.8 Å². The lowest BCUT2D eigenvalue weighted by molar-refractivity contribution is -0.134. The molecule has 0 aromatic heterocycles. The van der Waals surface area contributed by atoms with Crippen molar-refractivity contribution < 1.29 is 33.3 Å². The molecule has 1 aliphatic rings. The van der Waals surface area contributed by atoms with Crippen molar-refractivity contribution in [2.24, 2.45) is 0 Å². The summed E-state index contributed by atoms with van der Waals surface area (Å²) in [6.45, 7) is 16.4. The van der Waals surface area contributed by atoms with Gasteiger partial charge in [-0.3, -0.25) is 9.69 Å². The van der Waals surface area contributed by atoms with Gasteiger partial charge in [-0.05, 0) is 53.9 Å². The van der Waals surface area contributed by atoms with E-state index in [2.05, 4.69) is 6.58 Å². The highest BCUT2D eigenvalue weighted by molar-refractivity contribution is 6.01. The largest absolute Gasteiger partial charge is 0.487 e. The monoisotopic (exact) mass is 497 g/mol. The first-order valence-corrected chi connectivity index (χ1v) is 12.1. The van der Waals surface area contributed by atoms with Crippen LogP contribution in [0.15, 0.2) is 36.5 Å². The van der Waals surface area contributed by atoms with Crippen LogP contribution in [-0.4, -0.2) is 40.7 Å². The van der Waals surface area contributed by atoms with Gasteiger partial charge in [0.1, 0.15) is 22.6 Å². The van der Waals surface area contributed by atoms with Crippen LogP contribution in [-0.2, 0) is 20.7 Å². The minimum absolute atomic E-state index is 0.0844. The molecule has 1 amide bonds. The zero-order valence-corrected chi connectivity index (χ0v) is 22.1. The summed E-state index contributed by atoms with van der Waals surface area (Å²) in [6, 6.07) is 7.31. The van der Waals surface area contributed by atoms with E-state index in [4.69, 9.17) is 18.9 Å². The van der Waals surface area contributed by atoms with Crippen LogP contribution in [0.3, 0.4) is 0 Å². The molecule has 0 aliphatic carbocycles. The van der Waals surface area contributed by atoms with Crippen molar-refractivity contribution in [2.75, 3.05) is 6.54 Å². The second-order valence-corrected chi connectivity index (χ2v) is 10.4. The van der Waals surface area contributed by atoms with Gasteiger partial charge in [0.05, 0.1) is 0 Å². The number of hydrogen-bond donors (Lipinski definition) is 0. The fraction of sp³-hybridized carbons (Fsp3) is 0.464. The third kappa shape index (κ3) is 5.98. The summed E-state index contributed by atoms with van der Waals surface area (Å²) in [6.07, 6.45) is 1.06. The number of amides is 1. The second-order valence-electron chi connectivity index (χ2n) is 10.4. The molecule has 0 N–H and O–H groups in total. The van der Waals surface area contributed by atoms with Gasteiger partial charge in [0.2, 0.25) is 0 Å². The lowest BCUT2D eigenvalue weighted by Crippen LogP contribution is -2.39. The summed E-state index contributed by atoms with van der Waals surface area (Å²) in [7, 11) is 0. The molecule has 194 valence electrons. The van der Waals surface area contributed by atoms with Gasteiger partial charge in [0.25, 0.3) is 0 Å². The number of carbonyl (C=O) groups excluding carboxylic acids is 3. The van der Waals surface area contributed by atoms with Gasteiger partial charge in [0, 0.05) is 29.8 Å². The van der Waals surface area contributed by atoms with Crippen molar-refractivity contribution in [3.05, 3.63) is 42.1 Å². The summed E-state index contributed by atoms with van der Waals surface area (Å²) in [5.74, 6) is -0.634. The molecule has 8 heteroatoms. The molecule has 1 heterocycles. The average Bonchev–Trinajstić information content (AvgIpc) is 2.77. The average molecular weight is 498 g/mol. The third-order valence-corrected chi connectivity index (χ3v) is 5.59. The van der Waals surface area contributed by atoms with E-state index in [1.165, 1.54) is 6.92 Å². The number of hydrogen-bond acceptors (Lipinski definition) is 7. The molecule has 0 saturated carbocycles. The number of esters is 2. The van der Waals surface area contributed by atoms with Crippen LogP contribution in [0.5, 0.6) is 17.2 Å².